The molecule has 19 heavy (non-hydrogen) atoms. The van der Waals surface area contributed by atoms with Gasteiger partial charge in [0.2, 0.25) is 0 Å². The highest BCUT2D eigenvalue weighted by Crippen LogP contribution is 2.29. The Hall–Kier alpha value is -0.910. The highest BCUT2D eigenvalue weighted by Gasteiger charge is 2.38. The average molecular weight is 269 g/mol. The van der Waals surface area contributed by atoms with Crippen molar-refractivity contribution in [1.82, 2.24) is 4.90 Å². The number of hydrogen-bond acceptors (Lipinski definition) is 5. The van der Waals surface area contributed by atoms with E-state index in [0.717, 1.165) is 31.5 Å². The maximum Gasteiger partial charge on any atom is 0.335 e. The van der Waals surface area contributed by atoms with Gasteiger partial charge in [-0.05, 0) is 17.9 Å². The van der Waals surface area contributed by atoms with Crippen molar-refractivity contribution in [2.24, 2.45) is 5.92 Å². The second kappa shape index (κ2) is 6.03. The van der Waals surface area contributed by atoms with Crippen molar-refractivity contribution >= 4 is 5.97 Å². The molecule has 0 bridgehead atoms. The minimum atomic E-state index is -1.06. The van der Waals surface area contributed by atoms with E-state index in [9.17, 15) is 15.0 Å². The van der Waals surface area contributed by atoms with Gasteiger partial charge in [0.25, 0.3) is 0 Å². The number of nitrogens with zero attached hydrogens (tertiary/aromatic N) is 1. The van der Waals surface area contributed by atoms with E-state index in [0.29, 0.717) is 0 Å². The van der Waals surface area contributed by atoms with Gasteiger partial charge in [0.05, 0.1) is 12.1 Å². The van der Waals surface area contributed by atoms with Gasteiger partial charge in [0.1, 0.15) is 6.61 Å². The van der Waals surface area contributed by atoms with E-state index >= 15 is 0 Å². The number of rotatable bonds is 5. The Morgan fingerprint density at radius 1 is 1.63 bits per heavy atom. The second-order valence-electron chi connectivity index (χ2n) is 5.51. The van der Waals surface area contributed by atoms with E-state index in [1.165, 1.54) is 0 Å². The van der Waals surface area contributed by atoms with Crippen molar-refractivity contribution in [3.63, 3.8) is 0 Å². The lowest BCUT2D eigenvalue weighted by Crippen LogP contribution is -2.35. The molecule has 0 aliphatic carbocycles. The first kappa shape index (κ1) is 14.5. The van der Waals surface area contributed by atoms with Crippen molar-refractivity contribution < 1.29 is 19.7 Å². The first-order chi connectivity index (χ1) is 9.04. The molecule has 0 aromatic rings. The number of aliphatic hydroxyl groups excluding tert-OH is 2. The molecule has 0 aromatic heterocycles. The SMILES string of the molecule is CC[C@H](C)[C@H](O)C(=O)OCC1=CCN2CC[C@@H](O)[C@@H]12. The van der Waals surface area contributed by atoms with Crippen molar-refractivity contribution in [2.75, 3.05) is 19.7 Å². The predicted octanol–water partition coefficient (Wildman–Crippen LogP) is 0.312. The lowest BCUT2D eigenvalue weighted by atomic mass is 10.0. The molecular weight excluding hydrogens is 246 g/mol. The number of esters is 1. The number of fused-ring (bicyclic) bond motifs is 1. The zero-order valence-electron chi connectivity index (χ0n) is 11.6. The summed E-state index contributed by atoms with van der Waals surface area (Å²) in [5, 5.41) is 19.6. The molecule has 2 aliphatic heterocycles. The van der Waals surface area contributed by atoms with Gasteiger partial charge in [-0.2, -0.15) is 0 Å². The van der Waals surface area contributed by atoms with E-state index in [-0.39, 0.29) is 24.7 Å². The molecule has 0 aromatic carbocycles. The summed E-state index contributed by atoms with van der Waals surface area (Å²) in [5.74, 6) is -0.667. The lowest BCUT2D eigenvalue weighted by Gasteiger charge is -2.21. The lowest BCUT2D eigenvalue weighted by molar-refractivity contribution is -0.155. The summed E-state index contributed by atoms with van der Waals surface area (Å²) in [6, 6.07) is -0.00598. The molecule has 0 unspecified atom stereocenters. The minimum absolute atomic E-state index is 0.00598. The fourth-order valence-electron chi connectivity index (χ4n) is 2.72. The van der Waals surface area contributed by atoms with E-state index in [2.05, 4.69) is 4.90 Å². The largest absolute Gasteiger partial charge is 0.459 e. The van der Waals surface area contributed by atoms with Crippen LogP contribution < -0.4 is 0 Å². The van der Waals surface area contributed by atoms with Crippen LogP contribution in [0.3, 0.4) is 0 Å². The summed E-state index contributed by atoms with van der Waals surface area (Å²) in [6.07, 6.45) is 2.08. The van der Waals surface area contributed by atoms with Gasteiger partial charge in [-0.25, -0.2) is 4.79 Å². The minimum Gasteiger partial charge on any atom is -0.459 e. The van der Waals surface area contributed by atoms with E-state index in [4.69, 9.17) is 4.74 Å². The number of carbonyl (C=O) groups is 1. The van der Waals surface area contributed by atoms with Crippen LogP contribution in [0, 0.1) is 5.92 Å². The molecule has 4 atom stereocenters. The summed E-state index contributed by atoms with van der Waals surface area (Å²) in [6.45, 7) is 5.61. The fourth-order valence-corrected chi connectivity index (χ4v) is 2.72. The molecule has 0 radical (unpaired) electrons. The van der Waals surface area contributed by atoms with E-state index < -0.39 is 12.1 Å². The normalized spacial score (nSPS) is 29.8. The quantitative estimate of drug-likeness (QED) is 0.555. The van der Waals surface area contributed by atoms with Crippen LogP contribution in [0.4, 0.5) is 0 Å². The Labute approximate surface area is 113 Å². The molecule has 2 heterocycles. The Kier molecular flexibility index (Phi) is 4.60. The Morgan fingerprint density at radius 2 is 2.37 bits per heavy atom. The summed E-state index contributed by atoms with van der Waals surface area (Å²) in [4.78, 5) is 13.9. The molecule has 2 rings (SSSR count). The van der Waals surface area contributed by atoms with E-state index in [1.54, 1.807) is 0 Å². The predicted molar refractivity (Wildman–Crippen MR) is 70.5 cm³/mol. The van der Waals surface area contributed by atoms with Crippen LogP contribution in [0.2, 0.25) is 0 Å². The third-order valence-corrected chi connectivity index (χ3v) is 4.24. The first-order valence-electron chi connectivity index (χ1n) is 7.00. The van der Waals surface area contributed by atoms with Gasteiger partial charge in [0, 0.05) is 13.1 Å². The van der Waals surface area contributed by atoms with Crippen LogP contribution in [0.1, 0.15) is 26.7 Å². The molecule has 0 saturated carbocycles. The summed E-state index contributed by atoms with van der Waals surface area (Å²) in [7, 11) is 0. The maximum absolute atomic E-state index is 11.7. The van der Waals surface area contributed by atoms with E-state index in [1.807, 2.05) is 19.9 Å². The number of ether oxygens (including phenoxy) is 1. The molecule has 2 aliphatic rings. The van der Waals surface area contributed by atoms with Crippen LogP contribution >= 0.6 is 0 Å². The van der Waals surface area contributed by atoms with Crippen LogP contribution in [0.15, 0.2) is 11.6 Å². The number of hydrogen-bond donors (Lipinski definition) is 2. The zero-order chi connectivity index (χ0) is 14.0. The zero-order valence-corrected chi connectivity index (χ0v) is 11.6. The van der Waals surface area contributed by atoms with Gasteiger partial charge in [-0.1, -0.05) is 26.3 Å². The van der Waals surface area contributed by atoms with Gasteiger partial charge in [0.15, 0.2) is 6.10 Å². The third-order valence-electron chi connectivity index (χ3n) is 4.24. The van der Waals surface area contributed by atoms with Crippen molar-refractivity contribution in [1.29, 1.82) is 0 Å². The van der Waals surface area contributed by atoms with Gasteiger partial charge in [-0.15, -0.1) is 0 Å². The third kappa shape index (κ3) is 2.99. The summed E-state index contributed by atoms with van der Waals surface area (Å²) < 4.78 is 5.17. The monoisotopic (exact) mass is 269 g/mol. The summed E-state index contributed by atoms with van der Waals surface area (Å²) >= 11 is 0. The van der Waals surface area contributed by atoms with Gasteiger partial charge >= 0.3 is 5.97 Å². The maximum atomic E-state index is 11.7. The Morgan fingerprint density at radius 3 is 3.05 bits per heavy atom. The molecule has 5 nitrogen and oxygen atoms in total. The molecule has 0 spiro atoms. The van der Waals surface area contributed by atoms with Gasteiger partial charge in [-0.3, -0.25) is 4.90 Å². The fraction of sp³-hybridized carbons (Fsp3) is 0.786. The Bertz CT molecular complexity index is 368. The molecule has 108 valence electrons. The Balaban J connectivity index is 1.84. The highest BCUT2D eigenvalue weighted by molar-refractivity contribution is 5.74. The van der Waals surface area contributed by atoms with Crippen molar-refractivity contribution in [3.05, 3.63) is 11.6 Å². The molecule has 5 heteroatoms. The number of carbonyl (C=O) groups excluding carboxylic acids is 1. The first-order valence-corrected chi connectivity index (χ1v) is 7.00. The second-order valence-corrected chi connectivity index (χ2v) is 5.51. The smallest absolute Gasteiger partial charge is 0.335 e. The van der Waals surface area contributed by atoms with Crippen molar-refractivity contribution in [3.8, 4) is 0 Å². The summed E-state index contributed by atoms with van der Waals surface area (Å²) in [5.41, 5.74) is 0.953. The molecule has 1 saturated heterocycles. The van der Waals surface area contributed by atoms with Crippen molar-refractivity contribution in [2.45, 2.75) is 44.9 Å². The standard InChI is InChI=1S/C14H23NO4/c1-3-9(2)13(17)14(18)19-8-10-4-6-15-7-5-11(16)12(10)15/h4,9,11-13,16-17H,3,5-8H2,1-2H3/t9-,11+,12+,13-/m0/s1. The number of aliphatic hydroxyl groups is 2. The average Bonchev–Trinajstić information content (AvgIpc) is 2.98. The molecule has 0 amide bonds. The van der Waals surface area contributed by atoms with Crippen LogP contribution in [0.5, 0.6) is 0 Å². The highest BCUT2D eigenvalue weighted by atomic mass is 16.5. The van der Waals surface area contributed by atoms with Gasteiger partial charge < -0.3 is 14.9 Å². The topological polar surface area (TPSA) is 70.0 Å². The van der Waals surface area contributed by atoms with Crippen LogP contribution in [-0.2, 0) is 9.53 Å². The molecular formula is C14H23NO4. The van der Waals surface area contributed by atoms with Crippen LogP contribution in [0.25, 0.3) is 0 Å². The molecule has 1 fully saturated rings. The van der Waals surface area contributed by atoms with Crippen LogP contribution in [-0.4, -0.2) is 59.0 Å². The molecule has 2 N–H and O–H groups in total.